The molecule has 0 aliphatic carbocycles. The number of imidazole rings is 1. The van der Waals surface area contributed by atoms with Crippen LogP contribution in [0.3, 0.4) is 0 Å². The molecule has 264 valence electrons. The van der Waals surface area contributed by atoms with Gasteiger partial charge in [0.25, 0.3) is 0 Å². The quantitative estimate of drug-likeness (QED) is 0.129. The number of methoxy groups -OCH3 is 2. The molecule has 2 atom stereocenters. The lowest BCUT2D eigenvalue weighted by Gasteiger charge is -2.15. The van der Waals surface area contributed by atoms with E-state index >= 15 is 0 Å². The van der Waals surface area contributed by atoms with Gasteiger partial charge in [0.1, 0.15) is 0 Å². The van der Waals surface area contributed by atoms with Gasteiger partial charge in [-0.3, -0.25) is 14.6 Å². The van der Waals surface area contributed by atoms with Crippen molar-refractivity contribution in [2.45, 2.75) is 50.9 Å². The van der Waals surface area contributed by atoms with E-state index in [-0.39, 0.29) is 23.9 Å². The number of benzene rings is 1. The molecule has 12 nitrogen and oxygen atoms in total. The first-order valence-electron chi connectivity index (χ1n) is 16.8. The molecule has 0 bridgehead atoms. The summed E-state index contributed by atoms with van der Waals surface area (Å²) in [5, 5.41) is 13.7. The molecule has 2 aliphatic heterocycles. The molecule has 0 spiro atoms. The van der Waals surface area contributed by atoms with E-state index in [4.69, 9.17) is 42.6 Å². The highest BCUT2D eigenvalue weighted by atomic mass is 35.5. The number of nitrogens with one attached hydrogen (secondary N) is 4. The van der Waals surface area contributed by atoms with Crippen LogP contribution in [0.1, 0.15) is 36.9 Å². The zero-order chi connectivity index (χ0) is 35.5. The molecule has 0 saturated carbocycles. The minimum Gasteiger partial charge on any atom is -0.493 e. The van der Waals surface area contributed by atoms with Crippen LogP contribution in [0.4, 0.5) is 0 Å². The molecule has 4 aromatic heterocycles. The summed E-state index contributed by atoms with van der Waals surface area (Å²) in [5.74, 6) is 1.26. The predicted molar refractivity (Wildman–Crippen MR) is 196 cm³/mol. The second-order valence-corrected chi connectivity index (χ2v) is 13.4. The first kappa shape index (κ1) is 34.7. The summed E-state index contributed by atoms with van der Waals surface area (Å²) in [6, 6.07) is 13.6. The Morgan fingerprint density at radius 2 is 1.55 bits per heavy atom. The zero-order valence-corrected chi connectivity index (χ0v) is 29.8. The highest BCUT2D eigenvalue weighted by molar-refractivity contribution is 6.39. The van der Waals surface area contributed by atoms with E-state index in [9.17, 15) is 9.59 Å². The van der Waals surface area contributed by atoms with E-state index in [1.54, 1.807) is 20.4 Å². The van der Waals surface area contributed by atoms with Gasteiger partial charge in [0.15, 0.2) is 11.4 Å². The molecule has 2 amide bonds. The summed E-state index contributed by atoms with van der Waals surface area (Å²) in [7, 11) is 3.20. The number of halogens is 2. The van der Waals surface area contributed by atoms with Crippen LogP contribution in [0.25, 0.3) is 39.3 Å². The van der Waals surface area contributed by atoms with E-state index in [2.05, 4.69) is 26.3 Å². The van der Waals surface area contributed by atoms with Crippen LogP contribution in [0.5, 0.6) is 11.6 Å². The maximum atomic E-state index is 11.5. The van der Waals surface area contributed by atoms with Crippen molar-refractivity contribution in [3.63, 3.8) is 0 Å². The highest BCUT2D eigenvalue weighted by Crippen LogP contribution is 2.42. The van der Waals surface area contributed by atoms with Crippen molar-refractivity contribution in [2.24, 2.45) is 0 Å². The molecule has 2 fully saturated rings. The second-order valence-electron chi connectivity index (χ2n) is 12.7. The number of rotatable bonds is 13. The Morgan fingerprint density at radius 1 is 0.843 bits per heavy atom. The second kappa shape index (κ2) is 15.2. The average Bonchev–Trinajstić information content (AvgIpc) is 3.87. The van der Waals surface area contributed by atoms with Gasteiger partial charge in [-0.05, 0) is 31.0 Å². The van der Waals surface area contributed by atoms with Gasteiger partial charge in [0, 0.05) is 97.5 Å². The molecule has 1 aromatic carbocycles. The van der Waals surface area contributed by atoms with E-state index < -0.39 is 0 Å². The van der Waals surface area contributed by atoms with Gasteiger partial charge in [-0.1, -0.05) is 47.5 Å². The lowest BCUT2D eigenvalue weighted by Crippen LogP contribution is -2.35. The Balaban J connectivity index is 1.12. The summed E-state index contributed by atoms with van der Waals surface area (Å²) in [4.78, 5) is 37.3. The maximum absolute atomic E-state index is 11.5. The predicted octanol–water partition coefficient (Wildman–Crippen LogP) is 5.19. The topological polar surface area (TPSA) is 144 Å². The fraction of sp³-hybridized carbons (Fsp3) is 0.324. The van der Waals surface area contributed by atoms with Crippen molar-refractivity contribution in [2.75, 3.05) is 27.3 Å². The molecular formula is C37H38Cl2N8O4. The minimum absolute atomic E-state index is 0.0946. The van der Waals surface area contributed by atoms with Crippen molar-refractivity contribution in [3.8, 4) is 45.3 Å². The van der Waals surface area contributed by atoms with Gasteiger partial charge in [0.05, 0.1) is 41.3 Å². The van der Waals surface area contributed by atoms with Crippen LogP contribution < -0.4 is 30.7 Å². The molecule has 6 heterocycles. The monoisotopic (exact) mass is 728 g/mol. The van der Waals surface area contributed by atoms with Crippen molar-refractivity contribution < 1.29 is 19.1 Å². The fourth-order valence-corrected chi connectivity index (χ4v) is 7.27. The standard InChI is InChI=1S/C37H38Cl2N8O4/c1-50-30-14-22(19-47-20-25(45-36(30)47)18-41-17-24-8-11-32(49)44-24)35-34(39)27(12-13-42-35)26-4-3-5-28(33(26)38)29-9-6-21(37(46-29)51-2)15-40-16-23-7-10-31(48)43-23/h3-6,9,12-14,19-20,23-24,40-41H,7-8,10-11,15-18H2,1-2H3,(H,43,48)(H,44,49). The Bertz CT molecular complexity index is 2110. The SMILES string of the molecule is COc1nc(-c2cccc(-c3ccnc(-c4cc(OC)c5nc(CNCC6CCC(=O)N6)cn5c4)c3Cl)c2Cl)ccc1CNCC1CCC(=O)N1. The Morgan fingerprint density at radius 3 is 2.24 bits per heavy atom. The molecule has 0 radical (unpaired) electrons. The fourth-order valence-electron chi connectivity index (χ4n) is 6.62. The first-order valence-corrected chi connectivity index (χ1v) is 17.6. The van der Waals surface area contributed by atoms with E-state index in [1.807, 2.05) is 59.3 Å². The third kappa shape index (κ3) is 7.50. The third-order valence-corrected chi connectivity index (χ3v) is 10.0. The van der Waals surface area contributed by atoms with Gasteiger partial charge in [0.2, 0.25) is 17.7 Å². The smallest absolute Gasteiger partial charge is 0.220 e. The Labute approximate surface area is 305 Å². The van der Waals surface area contributed by atoms with Crippen LogP contribution in [-0.2, 0) is 22.7 Å². The number of hydrogen-bond acceptors (Lipinski definition) is 9. The van der Waals surface area contributed by atoms with E-state index in [0.29, 0.717) is 83.3 Å². The molecule has 2 unspecified atom stereocenters. The zero-order valence-electron chi connectivity index (χ0n) is 28.3. The molecule has 5 aromatic rings. The molecule has 7 rings (SSSR count). The van der Waals surface area contributed by atoms with Crippen molar-refractivity contribution in [1.29, 1.82) is 0 Å². The summed E-state index contributed by atoms with van der Waals surface area (Å²) in [5.41, 5.74) is 6.54. The van der Waals surface area contributed by atoms with Crippen LogP contribution in [-0.4, -0.2) is 70.6 Å². The number of amides is 2. The number of carbonyl (C=O) groups excluding carboxylic acids is 2. The van der Waals surface area contributed by atoms with Crippen LogP contribution >= 0.6 is 23.2 Å². The molecule has 4 N–H and O–H groups in total. The number of nitrogens with zero attached hydrogens (tertiary/aromatic N) is 4. The summed E-state index contributed by atoms with van der Waals surface area (Å²) in [6.45, 7) is 2.43. The summed E-state index contributed by atoms with van der Waals surface area (Å²) in [6.07, 6.45) is 8.38. The van der Waals surface area contributed by atoms with Gasteiger partial charge in [-0.15, -0.1) is 0 Å². The Kier molecular flexibility index (Phi) is 10.4. The van der Waals surface area contributed by atoms with Gasteiger partial charge < -0.3 is 35.1 Å². The van der Waals surface area contributed by atoms with Crippen molar-refractivity contribution >= 4 is 40.7 Å². The number of hydrogen-bond donors (Lipinski definition) is 4. The first-order chi connectivity index (χ1) is 24.8. The minimum atomic E-state index is 0.0946. The van der Waals surface area contributed by atoms with Crippen LogP contribution in [0.2, 0.25) is 10.0 Å². The van der Waals surface area contributed by atoms with Crippen molar-refractivity contribution in [1.82, 2.24) is 40.6 Å². The van der Waals surface area contributed by atoms with Crippen molar-refractivity contribution in [3.05, 3.63) is 82.4 Å². The average molecular weight is 730 g/mol. The number of fused-ring (bicyclic) bond motifs is 1. The molecule has 51 heavy (non-hydrogen) atoms. The highest BCUT2D eigenvalue weighted by Gasteiger charge is 2.23. The molecule has 14 heteroatoms. The van der Waals surface area contributed by atoms with Gasteiger partial charge >= 0.3 is 0 Å². The largest absolute Gasteiger partial charge is 0.493 e. The number of aromatic nitrogens is 4. The summed E-state index contributed by atoms with van der Waals surface area (Å²) < 4.78 is 13.3. The normalized spacial score (nSPS) is 17.2. The number of carbonyl (C=O) groups is 2. The molecule has 2 saturated heterocycles. The van der Waals surface area contributed by atoms with Gasteiger partial charge in [-0.25, -0.2) is 9.97 Å². The Hall–Kier alpha value is -4.75. The van der Waals surface area contributed by atoms with Crippen LogP contribution in [0.15, 0.2) is 61.1 Å². The number of ether oxygens (including phenoxy) is 2. The lowest BCUT2D eigenvalue weighted by atomic mass is 10.00. The molecular weight excluding hydrogens is 691 g/mol. The summed E-state index contributed by atoms with van der Waals surface area (Å²) >= 11 is 14.2. The van der Waals surface area contributed by atoms with Gasteiger partial charge in [-0.2, -0.15) is 0 Å². The molecule has 2 aliphatic rings. The van der Waals surface area contributed by atoms with Crippen LogP contribution in [0, 0.1) is 0 Å². The van der Waals surface area contributed by atoms with E-state index in [1.165, 1.54) is 0 Å². The number of pyridine rings is 3. The third-order valence-electron chi connectivity index (χ3n) is 9.22. The maximum Gasteiger partial charge on any atom is 0.220 e. The van der Waals surface area contributed by atoms with E-state index in [0.717, 1.165) is 40.8 Å². The lowest BCUT2D eigenvalue weighted by molar-refractivity contribution is -0.120.